The van der Waals surface area contributed by atoms with Crippen LogP contribution in [-0.2, 0) is 11.2 Å². The van der Waals surface area contributed by atoms with Gasteiger partial charge in [-0.15, -0.1) is 0 Å². The molecule has 1 amide bonds. The molecule has 0 spiro atoms. The highest BCUT2D eigenvalue weighted by atomic mass is 16.2. The van der Waals surface area contributed by atoms with Crippen LogP contribution in [0.3, 0.4) is 0 Å². The van der Waals surface area contributed by atoms with Crippen molar-refractivity contribution in [2.45, 2.75) is 19.3 Å². The average Bonchev–Trinajstić information content (AvgIpc) is 2.19. The zero-order valence-corrected chi connectivity index (χ0v) is 8.31. The second-order valence-corrected chi connectivity index (χ2v) is 3.22. The fourth-order valence-electron chi connectivity index (χ4n) is 1.17. The van der Waals surface area contributed by atoms with Crippen molar-refractivity contribution < 1.29 is 4.79 Å². The number of carbonyl (C=O) groups is 1. The van der Waals surface area contributed by atoms with Crippen molar-refractivity contribution in [3.05, 3.63) is 30.1 Å². The topological polar surface area (TPSA) is 59.2 Å². The Labute approximate surface area is 83.7 Å². The average molecular weight is 193 g/mol. The Morgan fingerprint density at radius 3 is 3.00 bits per heavy atom. The largest absolute Gasteiger partial charge is 0.284 e. The Balaban J connectivity index is 2.26. The van der Waals surface area contributed by atoms with E-state index in [0.29, 0.717) is 6.42 Å². The number of hydrazine groups is 1. The molecule has 0 saturated heterocycles. The maximum absolute atomic E-state index is 11.1. The van der Waals surface area contributed by atoms with Gasteiger partial charge in [0.05, 0.1) is 0 Å². The van der Waals surface area contributed by atoms with Gasteiger partial charge >= 0.3 is 0 Å². The smallest absolute Gasteiger partial charge is 0.236 e. The Morgan fingerprint density at radius 1 is 1.64 bits per heavy atom. The van der Waals surface area contributed by atoms with Gasteiger partial charge in [-0.3, -0.25) is 14.8 Å². The summed E-state index contributed by atoms with van der Waals surface area (Å²) < 4.78 is 0. The molecule has 0 atom stereocenters. The Morgan fingerprint density at radius 2 is 2.43 bits per heavy atom. The predicted molar refractivity (Wildman–Crippen MR) is 54.1 cm³/mol. The number of amides is 1. The molecule has 14 heavy (non-hydrogen) atoms. The third kappa shape index (κ3) is 3.53. The molecule has 1 aromatic rings. The summed E-state index contributed by atoms with van der Waals surface area (Å²) in [4.78, 5) is 15.1. The van der Waals surface area contributed by atoms with Gasteiger partial charge in [0.1, 0.15) is 0 Å². The number of hydrogen-bond acceptors (Lipinski definition) is 3. The van der Waals surface area contributed by atoms with Crippen molar-refractivity contribution in [3.8, 4) is 0 Å². The summed E-state index contributed by atoms with van der Waals surface area (Å²) in [5.74, 6) is 5.25. The molecule has 1 rings (SSSR count). The highest BCUT2D eigenvalue weighted by Gasteiger charge is 2.03. The van der Waals surface area contributed by atoms with Gasteiger partial charge in [0.2, 0.25) is 5.91 Å². The van der Waals surface area contributed by atoms with Gasteiger partial charge in [0, 0.05) is 25.9 Å². The van der Waals surface area contributed by atoms with Gasteiger partial charge in [-0.05, 0) is 24.5 Å². The maximum atomic E-state index is 11.1. The minimum atomic E-state index is -0.0334. The molecule has 0 unspecified atom stereocenters. The lowest BCUT2D eigenvalue weighted by molar-refractivity contribution is -0.130. The van der Waals surface area contributed by atoms with Gasteiger partial charge < -0.3 is 0 Å². The molecule has 4 heteroatoms. The van der Waals surface area contributed by atoms with Crippen molar-refractivity contribution >= 4 is 5.91 Å². The lowest BCUT2D eigenvalue weighted by Gasteiger charge is -2.08. The minimum absolute atomic E-state index is 0.0334. The number of hydrogen-bond donors (Lipinski definition) is 1. The van der Waals surface area contributed by atoms with Crippen molar-refractivity contribution in [1.82, 2.24) is 9.99 Å². The molecule has 0 radical (unpaired) electrons. The molecule has 0 fully saturated rings. The Hall–Kier alpha value is -1.42. The van der Waals surface area contributed by atoms with Crippen LogP contribution >= 0.6 is 0 Å². The standard InChI is InChI=1S/C10H15N3O/c1-13(11)10(14)6-2-4-9-5-3-7-12-8-9/h3,5,7-8H,2,4,6,11H2,1H3. The van der Waals surface area contributed by atoms with E-state index in [9.17, 15) is 4.79 Å². The molecule has 0 bridgehead atoms. The fourth-order valence-corrected chi connectivity index (χ4v) is 1.17. The lowest BCUT2D eigenvalue weighted by Crippen LogP contribution is -2.32. The molecule has 4 nitrogen and oxygen atoms in total. The molecule has 0 aliphatic heterocycles. The number of aryl methyl sites for hydroxylation is 1. The molecular formula is C10H15N3O. The normalized spacial score (nSPS) is 9.86. The van der Waals surface area contributed by atoms with E-state index in [1.807, 2.05) is 18.3 Å². The third-order valence-corrected chi connectivity index (χ3v) is 1.97. The fraction of sp³-hybridized carbons (Fsp3) is 0.400. The summed E-state index contributed by atoms with van der Waals surface area (Å²) in [6.07, 6.45) is 5.72. The quantitative estimate of drug-likeness (QED) is 0.436. The zero-order chi connectivity index (χ0) is 10.4. The molecular weight excluding hydrogens is 178 g/mol. The molecule has 76 valence electrons. The highest BCUT2D eigenvalue weighted by Crippen LogP contribution is 2.03. The Bertz CT molecular complexity index is 285. The number of pyridine rings is 1. The number of aromatic nitrogens is 1. The van der Waals surface area contributed by atoms with Gasteiger partial charge in [-0.1, -0.05) is 6.07 Å². The molecule has 1 heterocycles. The first-order valence-electron chi connectivity index (χ1n) is 4.60. The van der Waals surface area contributed by atoms with E-state index in [-0.39, 0.29) is 5.91 Å². The van der Waals surface area contributed by atoms with Crippen LogP contribution in [0.4, 0.5) is 0 Å². The number of rotatable bonds is 4. The van der Waals surface area contributed by atoms with Crippen LogP contribution in [0.5, 0.6) is 0 Å². The molecule has 0 aromatic carbocycles. The monoisotopic (exact) mass is 193 g/mol. The summed E-state index contributed by atoms with van der Waals surface area (Å²) in [6, 6.07) is 3.90. The number of nitrogens with zero attached hydrogens (tertiary/aromatic N) is 2. The molecule has 0 aliphatic rings. The van der Waals surface area contributed by atoms with Crippen molar-refractivity contribution in [2.75, 3.05) is 7.05 Å². The van der Waals surface area contributed by atoms with Crippen molar-refractivity contribution in [1.29, 1.82) is 0 Å². The van der Waals surface area contributed by atoms with E-state index in [1.54, 1.807) is 13.2 Å². The van der Waals surface area contributed by atoms with Crippen LogP contribution in [0, 0.1) is 0 Å². The molecule has 0 aliphatic carbocycles. The summed E-state index contributed by atoms with van der Waals surface area (Å²) in [5, 5.41) is 1.13. The first-order valence-corrected chi connectivity index (χ1v) is 4.60. The second kappa shape index (κ2) is 5.34. The summed E-state index contributed by atoms with van der Waals surface area (Å²) in [7, 11) is 1.56. The van der Waals surface area contributed by atoms with E-state index in [2.05, 4.69) is 4.98 Å². The summed E-state index contributed by atoms with van der Waals surface area (Å²) in [5.41, 5.74) is 1.15. The maximum Gasteiger partial charge on any atom is 0.236 e. The van der Waals surface area contributed by atoms with E-state index < -0.39 is 0 Å². The zero-order valence-electron chi connectivity index (χ0n) is 8.31. The number of carbonyl (C=O) groups excluding carboxylic acids is 1. The Kier molecular flexibility index (Phi) is 4.07. The summed E-state index contributed by atoms with van der Waals surface area (Å²) >= 11 is 0. The van der Waals surface area contributed by atoms with E-state index >= 15 is 0 Å². The van der Waals surface area contributed by atoms with Crippen molar-refractivity contribution in [3.63, 3.8) is 0 Å². The van der Waals surface area contributed by atoms with E-state index in [1.165, 1.54) is 0 Å². The highest BCUT2D eigenvalue weighted by molar-refractivity contribution is 5.75. The number of nitrogens with two attached hydrogens (primary N) is 1. The lowest BCUT2D eigenvalue weighted by atomic mass is 10.1. The van der Waals surface area contributed by atoms with Gasteiger partial charge in [-0.2, -0.15) is 0 Å². The van der Waals surface area contributed by atoms with Crippen LogP contribution in [0.25, 0.3) is 0 Å². The van der Waals surface area contributed by atoms with Gasteiger partial charge in [0.25, 0.3) is 0 Å². The second-order valence-electron chi connectivity index (χ2n) is 3.22. The van der Waals surface area contributed by atoms with Crippen LogP contribution in [0.1, 0.15) is 18.4 Å². The van der Waals surface area contributed by atoms with Crippen LogP contribution in [-0.4, -0.2) is 22.9 Å². The SMILES string of the molecule is CN(N)C(=O)CCCc1cccnc1. The molecule has 2 N–H and O–H groups in total. The van der Waals surface area contributed by atoms with Crippen molar-refractivity contribution in [2.24, 2.45) is 5.84 Å². The van der Waals surface area contributed by atoms with E-state index in [4.69, 9.17) is 5.84 Å². The summed E-state index contributed by atoms with van der Waals surface area (Å²) in [6.45, 7) is 0. The first-order chi connectivity index (χ1) is 6.70. The third-order valence-electron chi connectivity index (χ3n) is 1.97. The molecule has 0 saturated carbocycles. The van der Waals surface area contributed by atoms with Gasteiger partial charge in [0.15, 0.2) is 0 Å². The predicted octanol–water partition coefficient (Wildman–Crippen LogP) is 0.736. The van der Waals surface area contributed by atoms with Crippen LogP contribution < -0.4 is 5.84 Å². The first kappa shape index (κ1) is 10.7. The molecule has 1 aromatic heterocycles. The van der Waals surface area contributed by atoms with Gasteiger partial charge in [-0.25, -0.2) is 5.84 Å². The minimum Gasteiger partial charge on any atom is -0.284 e. The van der Waals surface area contributed by atoms with E-state index in [0.717, 1.165) is 23.4 Å². The van der Waals surface area contributed by atoms with Crippen LogP contribution in [0.15, 0.2) is 24.5 Å². The van der Waals surface area contributed by atoms with Crippen LogP contribution in [0.2, 0.25) is 0 Å².